The number of alkyl halides is 1. The van der Waals surface area contributed by atoms with Crippen molar-refractivity contribution in [1.82, 2.24) is 45.2 Å². The van der Waals surface area contributed by atoms with Gasteiger partial charge in [-0.15, -0.1) is 5.10 Å². The molecule has 1 unspecified atom stereocenters. The summed E-state index contributed by atoms with van der Waals surface area (Å²) in [7, 11) is 7.36. The Hall–Kier alpha value is -8.37. The van der Waals surface area contributed by atoms with Crippen LogP contribution in [-0.2, 0) is 65.4 Å². The van der Waals surface area contributed by atoms with Crippen molar-refractivity contribution < 1.29 is 96.4 Å². The zero-order chi connectivity index (χ0) is 70.9. The van der Waals surface area contributed by atoms with Crippen LogP contribution in [0.25, 0.3) is 0 Å². The highest BCUT2D eigenvalue weighted by Gasteiger charge is 2.55. The number of nitrogens with two attached hydrogens (primary N) is 1. The molecule has 0 radical (unpaired) electrons. The number of nitrogens with zero attached hydrogens (tertiary/aromatic N) is 7. The van der Waals surface area contributed by atoms with Gasteiger partial charge in [-0.3, -0.25) is 33.7 Å². The van der Waals surface area contributed by atoms with E-state index in [1.807, 2.05) is 13.8 Å². The molecule has 4 aromatic rings. The minimum absolute atomic E-state index is 0.0156. The summed E-state index contributed by atoms with van der Waals surface area (Å²) in [6.07, 6.45) is -3.13. The maximum atomic E-state index is 14.4. The second-order valence-corrected chi connectivity index (χ2v) is 25.9. The molecule has 4 heterocycles. The standard InChI is InChI=1S/C66H86BrN11O20/c1-35(2)54(71-47(80)17-10-9-11-23-74(4)48(81)31-67)41-32-78(73-72-41)42(15-13-22-69-63(68)87)60(86)70-38-20-18-37(19-21-38)33-94-64(88)75(5)24-25-76(6)65(89)95-34-46(79)66(90)29-40-51(58(85)53-52(56(40)83)55(82)39-14-12-16-44(91-7)50(39)57(53)84)45(30-66)97-49-28-43-59(36(3)96-49)98-61-62(92-8)93-27-26-77(43)61/h12,14,16,18-21,32,35-36,42-43,45,49,54,59,61-62,83,85,90H,9-11,13,15,17,22-31,33-34H2,1-8H3,(H,70,86)(H,71,80)(H3,68,69,87)/t36-,42-,43?,45-,49-,54-,59+,61+,62-,66-/m0/s1. The largest absolute Gasteiger partial charge is 0.507 e. The van der Waals surface area contributed by atoms with Crippen LogP contribution in [0.1, 0.15) is 145 Å². The van der Waals surface area contributed by atoms with E-state index in [1.165, 1.54) is 56.1 Å². The smallest absolute Gasteiger partial charge is 0.409 e. The second-order valence-electron chi connectivity index (χ2n) is 25.4. The van der Waals surface area contributed by atoms with E-state index in [-0.39, 0.29) is 103 Å². The van der Waals surface area contributed by atoms with Gasteiger partial charge in [-0.1, -0.05) is 65.7 Å². The number of rotatable bonds is 29. The molecule has 0 spiro atoms. The number of anilines is 1. The number of hydrogen-bond acceptors (Lipinski definition) is 23. The van der Waals surface area contributed by atoms with Crippen LogP contribution in [0, 0.1) is 5.92 Å². The fourth-order valence-electron chi connectivity index (χ4n) is 12.9. The highest BCUT2D eigenvalue weighted by atomic mass is 79.9. The molecule has 5 aliphatic rings. The van der Waals surface area contributed by atoms with E-state index < -0.39 is 138 Å². The Morgan fingerprint density at radius 2 is 1.59 bits per heavy atom. The summed E-state index contributed by atoms with van der Waals surface area (Å²) in [5, 5.41) is 54.1. The summed E-state index contributed by atoms with van der Waals surface area (Å²) in [5.41, 5.74) is 2.47. The van der Waals surface area contributed by atoms with Crippen LogP contribution in [0.5, 0.6) is 17.2 Å². The number of morpholine rings is 1. The summed E-state index contributed by atoms with van der Waals surface area (Å²) in [6, 6.07) is 8.43. The number of carbonyl (C=O) groups excluding carboxylic acids is 9. The highest BCUT2D eigenvalue weighted by Crippen LogP contribution is 2.53. The van der Waals surface area contributed by atoms with Crippen molar-refractivity contribution in [3.63, 3.8) is 0 Å². The Morgan fingerprint density at radius 3 is 2.28 bits per heavy atom. The summed E-state index contributed by atoms with van der Waals surface area (Å²) in [4.78, 5) is 126. The van der Waals surface area contributed by atoms with Crippen LogP contribution in [0.3, 0.4) is 0 Å². The van der Waals surface area contributed by atoms with Gasteiger partial charge in [0.15, 0.2) is 31.2 Å². The van der Waals surface area contributed by atoms with E-state index in [2.05, 4.69) is 47.1 Å². The zero-order valence-electron chi connectivity index (χ0n) is 56.0. The van der Waals surface area contributed by atoms with Gasteiger partial charge in [-0.05, 0) is 62.3 Å². The number of primary amides is 1. The molecule has 32 heteroatoms. The molecule has 2 aliphatic carbocycles. The molecule has 0 bridgehead atoms. The third kappa shape index (κ3) is 16.7. The number of halogens is 1. The topological polar surface area (TPSA) is 394 Å². The third-order valence-corrected chi connectivity index (χ3v) is 18.8. The number of unbranched alkanes of at least 4 members (excludes halogenated alkanes) is 2. The quantitative estimate of drug-likeness (QED) is 0.0197. The van der Waals surface area contributed by atoms with Gasteiger partial charge in [0.1, 0.15) is 47.3 Å². The first-order valence-electron chi connectivity index (χ1n) is 32.5. The number of phenolic OH excluding ortho intramolecular Hbond substituents is 2. The van der Waals surface area contributed by atoms with Crippen molar-refractivity contribution >= 4 is 74.9 Å². The number of Topliss-reactive ketones (excluding diaryl/α,β-unsaturated/α-hetero) is 1. The molecule has 3 aromatic carbocycles. The number of amides is 7. The molecule has 3 aliphatic heterocycles. The summed E-state index contributed by atoms with van der Waals surface area (Å²) >= 11 is 3.17. The van der Waals surface area contributed by atoms with E-state index >= 15 is 0 Å². The van der Waals surface area contributed by atoms with Crippen molar-refractivity contribution in [3.8, 4) is 17.2 Å². The lowest BCUT2D eigenvalue weighted by molar-refractivity contribution is -0.256. The molecule has 9 rings (SSSR count). The number of aromatic nitrogens is 3. The van der Waals surface area contributed by atoms with Gasteiger partial charge in [0.2, 0.25) is 29.3 Å². The number of benzene rings is 3. The third-order valence-electron chi connectivity index (χ3n) is 18.3. The predicted octanol–water partition coefficient (Wildman–Crippen LogP) is 4.50. The van der Waals surface area contributed by atoms with Crippen LogP contribution in [0.15, 0.2) is 48.7 Å². The number of urea groups is 1. The number of hydrogen-bond donors (Lipinski definition) is 7. The van der Waals surface area contributed by atoms with Crippen molar-refractivity contribution in [2.75, 3.05) is 91.9 Å². The van der Waals surface area contributed by atoms with E-state index in [9.17, 15) is 58.5 Å². The molecule has 98 heavy (non-hydrogen) atoms. The van der Waals surface area contributed by atoms with Crippen LogP contribution >= 0.6 is 15.9 Å². The average molecular weight is 1430 g/mol. The number of ketones is 3. The van der Waals surface area contributed by atoms with Crippen LogP contribution in [0.2, 0.25) is 0 Å². The number of methoxy groups -OCH3 is 2. The number of aliphatic hydroxyl groups is 1. The molecule has 0 saturated carbocycles. The number of aromatic hydroxyl groups is 2. The molecular weight excluding hydrogens is 1350 g/mol. The lowest BCUT2D eigenvalue weighted by Crippen LogP contribution is -2.55. The number of phenols is 2. The van der Waals surface area contributed by atoms with Gasteiger partial charge >= 0.3 is 18.2 Å². The number of nitrogens with one attached hydrogen (secondary N) is 3. The summed E-state index contributed by atoms with van der Waals surface area (Å²) < 4.78 is 48.4. The first-order valence-corrected chi connectivity index (χ1v) is 33.6. The Kier molecular flexibility index (Phi) is 24.5. The van der Waals surface area contributed by atoms with Crippen molar-refractivity contribution in [1.29, 1.82) is 0 Å². The predicted molar refractivity (Wildman–Crippen MR) is 350 cm³/mol. The molecule has 31 nitrogen and oxygen atoms in total. The maximum Gasteiger partial charge on any atom is 0.409 e. The highest BCUT2D eigenvalue weighted by molar-refractivity contribution is 9.09. The van der Waals surface area contributed by atoms with Crippen molar-refractivity contribution in [3.05, 3.63) is 93.3 Å². The van der Waals surface area contributed by atoms with Gasteiger partial charge < -0.3 is 89.6 Å². The van der Waals surface area contributed by atoms with Crippen LogP contribution in [-0.4, -0.2) is 232 Å². The summed E-state index contributed by atoms with van der Waals surface area (Å²) in [5.74, 6) is -4.86. The maximum absolute atomic E-state index is 14.4. The minimum atomic E-state index is -2.48. The fourth-order valence-corrected chi connectivity index (χ4v) is 13.3. The first kappa shape index (κ1) is 73.9. The van der Waals surface area contributed by atoms with E-state index in [0.717, 1.165) is 17.7 Å². The van der Waals surface area contributed by atoms with E-state index in [4.69, 9.17) is 43.6 Å². The zero-order valence-corrected chi connectivity index (χ0v) is 57.6. The lowest BCUT2D eigenvalue weighted by Gasteiger charge is -2.43. The van der Waals surface area contributed by atoms with Gasteiger partial charge in [-0.2, -0.15) is 0 Å². The molecule has 532 valence electrons. The Balaban J connectivity index is 0.786. The first-order chi connectivity index (χ1) is 46.8. The van der Waals surface area contributed by atoms with Crippen molar-refractivity contribution in [2.45, 2.75) is 146 Å². The Bertz CT molecular complexity index is 3610. The van der Waals surface area contributed by atoms with Crippen molar-refractivity contribution in [2.24, 2.45) is 11.7 Å². The van der Waals surface area contributed by atoms with Gasteiger partial charge in [-0.25, -0.2) is 19.1 Å². The normalized spacial score (nSPS) is 22.2. The van der Waals surface area contributed by atoms with Gasteiger partial charge in [0.05, 0.1) is 60.2 Å². The number of fused-ring (bicyclic) bond motifs is 6. The average Bonchev–Trinajstić information content (AvgIpc) is 0.884. The molecule has 8 N–H and O–H groups in total. The molecule has 1 aromatic heterocycles. The molecular formula is C66H86BrN11O20. The van der Waals surface area contributed by atoms with Gasteiger partial charge in [0.25, 0.3) is 0 Å². The summed E-state index contributed by atoms with van der Waals surface area (Å²) in [6.45, 7) is 5.91. The minimum Gasteiger partial charge on any atom is -0.507 e. The second kappa shape index (κ2) is 32.5. The Labute approximate surface area is 574 Å². The van der Waals surface area contributed by atoms with E-state index in [0.29, 0.717) is 49.5 Å². The van der Waals surface area contributed by atoms with E-state index in [1.54, 1.807) is 49.3 Å². The molecule has 10 atom stereocenters. The molecule has 7 amide bonds. The number of likely N-dealkylation sites (N-methyl/N-ethyl adjacent to an activating group) is 2. The van der Waals surface area contributed by atoms with Gasteiger partial charge in [0, 0.05) is 115 Å². The molecule has 3 saturated heterocycles. The molecule has 3 fully saturated rings. The number of ether oxygens (including phenoxy) is 8. The SMILES string of the molecule is COc1cccc2c1C(=O)c1c(O)c3c(c(O)c1C2=O)C[C@@](O)(C(=O)COC(=O)N(C)CCN(C)C(=O)OCc1ccc(NC(=O)[C@H](CCCNC(N)=O)n2cc([C@@H](NC(=O)CCCCCN(C)C(=O)CBr)C(C)C)nn2)cc1)C[C@@H]3O[C@H]1CC2[C@H](O[C@@H]3[C@@H](OC)OCCN23)[C@H](C)O1. The van der Waals surface area contributed by atoms with Crippen LogP contribution < -0.4 is 26.4 Å². The van der Waals surface area contributed by atoms with Crippen LogP contribution in [0.4, 0.5) is 20.1 Å². The lowest BCUT2D eigenvalue weighted by atomic mass is 9.72. The monoisotopic (exact) mass is 1430 g/mol. The Morgan fingerprint density at radius 1 is 0.878 bits per heavy atom. The fraction of sp³-hybridized carbons (Fsp3) is 0.561. The number of carbonyl (C=O) groups is 9.